The van der Waals surface area contributed by atoms with Crippen LogP contribution in [0, 0.1) is 12.3 Å². The second-order valence-corrected chi connectivity index (χ2v) is 3.94. The molecule has 0 saturated carbocycles. The molecule has 0 saturated heterocycles. The van der Waals surface area contributed by atoms with E-state index < -0.39 is 0 Å². The second-order valence-electron chi connectivity index (χ2n) is 3.15. The summed E-state index contributed by atoms with van der Waals surface area (Å²) in [5, 5.41) is 8.30. The van der Waals surface area contributed by atoms with E-state index in [-0.39, 0.29) is 12.5 Å². The van der Waals surface area contributed by atoms with Gasteiger partial charge in [-0.2, -0.15) is 0 Å². The molecule has 88 valence electrons. The molecule has 0 heterocycles. The first-order valence-corrected chi connectivity index (χ1v) is 5.59. The van der Waals surface area contributed by atoms with Crippen LogP contribution < -0.4 is 4.74 Å². The van der Waals surface area contributed by atoms with Crippen molar-refractivity contribution in [3.63, 3.8) is 0 Å². The summed E-state index contributed by atoms with van der Waals surface area (Å²) in [6, 6.07) is 3.52. The van der Waals surface area contributed by atoms with Crippen LogP contribution in [0.25, 0.3) is 0 Å². The van der Waals surface area contributed by atoms with Gasteiger partial charge in [0.25, 0.3) is 0 Å². The lowest BCUT2D eigenvalue weighted by Gasteiger charge is -2.11. The lowest BCUT2D eigenvalue weighted by Crippen LogP contribution is -2.14. The van der Waals surface area contributed by atoms with Crippen LogP contribution in [0.4, 0.5) is 0 Å². The molecule has 0 aliphatic rings. The van der Waals surface area contributed by atoms with Gasteiger partial charge in [0.05, 0.1) is 16.7 Å². The minimum Gasteiger partial charge on any atom is -0.481 e. The molecule has 5 heteroatoms. The van der Waals surface area contributed by atoms with Crippen molar-refractivity contribution < 1.29 is 9.47 Å². The van der Waals surface area contributed by atoms with Crippen LogP contribution in [0.5, 0.6) is 5.75 Å². The highest BCUT2D eigenvalue weighted by molar-refractivity contribution is 6.37. The van der Waals surface area contributed by atoms with E-state index >= 15 is 0 Å². The molecule has 0 unspecified atom stereocenters. The Labute approximate surface area is 105 Å². The van der Waals surface area contributed by atoms with Gasteiger partial charge in [-0.05, 0) is 25.5 Å². The van der Waals surface area contributed by atoms with Gasteiger partial charge < -0.3 is 9.47 Å². The van der Waals surface area contributed by atoms with Crippen LogP contribution in [0.15, 0.2) is 12.1 Å². The van der Waals surface area contributed by atoms with Crippen molar-refractivity contribution in [1.82, 2.24) is 0 Å². The highest BCUT2D eigenvalue weighted by Crippen LogP contribution is 2.35. The van der Waals surface area contributed by atoms with E-state index in [0.29, 0.717) is 22.4 Å². The Kier molecular flexibility index (Phi) is 4.90. The Bertz CT molecular complexity index is 394. The van der Waals surface area contributed by atoms with Crippen molar-refractivity contribution in [3.8, 4) is 5.75 Å². The van der Waals surface area contributed by atoms with Crippen molar-refractivity contribution in [2.45, 2.75) is 13.8 Å². The van der Waals surface area contributed by atoms with E-state index in [1.165, 1.54) is 0 Å². The number of aryl methyl sites for hydroxylation is 1. The molecule has 0 atom stereocenters. The number of rotatable bonds is 4. The summed E-state index contributed by atoms with van der Waals surface area (Å²) < 4.78 is 10.3. The zero-order chi connectivity index (χ0) is 12.1. The summed E-state index contributed by atoms with van der Waals surface area (Å²) in [7, 11) is 0. The molecule has 0 fully saturated rings. The van der Waals surface area contributed by atoms with Crippen LogP contribution in [-0.2, 0) is 4.74 Å². The van der Waals surface area contributed by atoms with Gasteiger partial charge in [0.2, 0.25) is 5.90 Å². The smallest absolute Gasteiger partial charge is 0.219 e. The molecule has 1 N–H and O–H groups in total. The SMILES string of the molecule is CCOC(=N)COc1c(Cl)ccc(C)c1Cl. The summed E-state index contributed by atoms with van der Waals surface area (Å²) in [6.45, 7) is 4.13. The van der Waals surface area contributed by atoms with Crippen LogP contribution in [0.1, 0.15) is 12.5 Å². The molecular formula is C11H13Cl2NO2. The standard InChI is InChI=1S/C11H13Cl2NO2/c1-3-15-9(14)6-16-11-8(12)5-4-7(2)10(11)13/h4-5,14H,3,6H2,1-2H3. The largest absolute Gasteiger partial charge is 0.481 e. The zero-order valence-corrected chi connectivity index (χ0v) is 10.7. The molecule has 0 radical (unpaired) electrons. The molecule has 0 aromatic heterocycles. The van der Waals surface area contributed by atoms with Gasteiger partial charge in [0, 0.05) is 0 Å². The van der Waals surface area contributed by atoms with E-state index in [1.54, 1.807) is 13.0 Å². The summed E-state index contributed by atoms with van der Waals surface area (Å²) in [6.07, 6.45) is 0. The third kappa shape index (κ3) is 3.29. The van der Waals surface area contributed by atoms with Gasteiger partial charge >= 0.3 is 0 Å². The quantitative estimate of drug-likeness (QED) is 0.664. The summed E-state index contributed by atoms with van der Waals surface area (Å²) >= 11 is 12.0. The molecule has 1 aromatic carbocycles. The number of hydrogen-bond donors (Lipinski definition) is 1. The third-order valence-electron chi connectivity index (χ3n) is 1.91. The van der Waals surface area contributed by atoms with Gasteiger partial charge in [-0.3, -0.25) is 5.41 Å². The Morgan fingerprint density at radius 1 is 1.38 bits per heavy atom. The lowest BCUT2D eigenvalue weighted by atomic mass is 10.2. The molecule has 3 nitrogen and oxygen atoms in total. The molecular weight excluding hydrogens is 249 g/mol. The maximum Gasteiger partial charge on any atom is 0.219 e. The average Bonchev–Trinajstić information content (AvgIpc) is 2.24. The van der Waals surface area contributed by atoms with E-state index in [0.717, 1.165) is 5.56 Å². The van der Waals surface area contributed by atoms with Gasteiger partial charge in [-0.1, -0.05) is 29.3 Å². The molecule has 1 aromatic rings. The van der Waals surface area contributed by atoms with Crippen molar-refractivity contribution in [1.29, 1.82) is 5.41 Å². The zero-order valence-electron chi connectivity index (χ0n) is 9.14. The average molecular weight is 262 g/mol. The van der Waals surface area contributed by atoms with Crippen molar-refractivity contribution >= 4 is 29.1 Å². The normalized spacial score (nSPS) is 10.0. The molecule has 0 aliphatic heterocycles. The molecule has 0 aliphatic carbocycles. The first-order valence-electron chi connectivity index (χ1n) is 4.83. The summed E-state index contributed by atoms with van der Waals surface area (Å²) in [4.78, 5) is 0. The molecule has 0 bridgehead atoms. The highest BCUT2D eigenvalue weighted by atomic mass is 35.5. The van der Waals surface area contributed by atoms with Crippen molar-refractivity contribution in [2.24, 2.45) is 0 Å². The Morgan fingerprint density at radius 2 is 2.06 bits per heavy atom. The van der Waals surface area contributed by atoms with Crippen molar-refractivity contribution in [2.75, 3.05) is 13.2 Å². The van der Waals surface area contributed by atoms with Crippen LogP contribution in [-0.4, -0.2) is 19.1 Å². The second kappa shape index (κ2) is 5.97. The summed E-state index contributed by atoms with van der Waals surface area (Å²) in [5.41, 5.74) is 0.879. The van der Waals surface area contributed by atoms with Gasteiger partial charge in [0.15, 0.2) is 12.4 Å². The van der Waals surface area contributed by atoms with Crippen LogP contribution >= 0.6 is 23.2 Å². The fraction of sp³-hybridized carbons (Fsp3) is 0.364. The maximum atomic E-state index is 7.40. The van der Waals surface area contributed by atoms with E-state index in [2.05, 4.69) is 0 Å². The Balaban J connectivity index is 2.74. The monoisotopic (exact) mass is 261 g/mol. The predicted molar refractivity (Wildman–Crippen MR) is 66.0 cm³/mol. The minimum absolute atomic E-state index is 0.0245. The first kappa shape index (κ1) is 13.1. The highest BCUT2D eigenvalue weighted by Gasteiger charge is 2.10. The molecule has 1 rings (SSSR count). The fourth-order valence-corrected chi connectivity index (χ4v) is 1.60. The Morgan fingerprint density at radius 3 is 2.69 bits per heavy atom. The van der Waals surface area contributed by atoms with Gasteiger partial charge in [-0.15, -0.1) is 0 Å². The van der Waals surface area contributed by atoms with Crippen LogP contribution in [0.3, 0.4) is 0 Å². The van der Waals surface area contributed by atoms with Crippen molar-refractivity contribution in [3.05, 3.63) is 27.7 Å². The third-order valence-corrected chi connectivity index (χ3v) is 2.68. The van der Waals surface area contributed by atoms with Crippen LogP contribution in [0.2, 0.25) is 10.0 Å². The number of ether oxygens (including phenoxy) is 2. The predicted octanol–water partition coefficient (Wildman–Crippen LogP) is 3.69. The molecule has 0 amide bonds. The topological polar surface area (TPSA) is 42.3 Å². The van der Waals surface area contributed by atoms with E-state index in [9.17, 15) is 0 Å². The summed E-state index contributed by atoms with van der Waals surface area (Å²) in [5.74, 6) is 0.448. The van der Waals surface area contributed by atoms with E-state index in [1.807, 2.05) is 13.0 Å². The molecule has 0 spiro atoms. The first-order chi connectivity index (χ1) is 7.56. The lowest BCUT2D eigenvalue weighted by molar-refractivity contribution is 0.273. The number of benzene rings is 1. The fourth-order valence-electron chi connectivity index (χ4n) is 1.12. The maximum absolute atomic E-state index is 7.40. The minimum atomic E-state index is 0.0245. The van der Waals surface area contributed by atoms with Gasteiger partial charge in [-0.25, -0.2) is 0 Å². The Hall–Kier alpha value is -0.930. The number of nitrogens with one attached hydrogen (secondary N) is 1. The number of halogens is 2. The van der Waals surface area contributed by atoms with E-state index in [4.69, 9.17) is 38.1 Å². The van der Waals surface area contributed by atoms with Gasteiger partial charge in [0.1, 0.15) is 0 Å². The molecule has 16 heavy (non-hydrogen) atoms. The number of hydrogen-bond acceptors (Lipinski definition) is 3.